The second kappa shape index (κ2) is 6.46. The van der Waals surface area contributed by atoms with E-state index in [9.17, 15) is 0 Å². The monoisotopic (exact) mass is 274 g/mol. The summed E-state index contributed by atoms with van der Waals surface area (Å²) in [6.07, 6.45) is 2.74. The van der Waals surface area contributed by atoms with Gasteiger partial charge in [-0.2, -0.15) is 0 Å². The van der Waals surface area contributed by atoms with Crippen molar-refractivity contribution in [1.29, 1.82) is 0 Å². The van der Waals surface area contributed by atoms with Crippen LogP contribution in [-0.4, -0.2) is 11.6 Å². The van der Waals surface area contributed by atoms with Crippen LogP contribution in [0.5, 0.6) is 5.75 Å². The van der Waals surface area contributed by atoms with Gasteiger partial charge in [0.25, 0.3) is 0 Å². The molecule has 0 aliphatic heterocycles. The van der Waals surface area contributed by atoms with Crippen LogP contribution in [-0.2, 0) is 0 Å². The van der Waals surface area contributed by atoms with E-state index in [4.69, 9.17) is 9.15 Å². The summed E-state index contributed by atoms with van der Waals surface area (Å²) in [5.74, 6) is 3.43. The predicted molar refractivity (Wildman–Crippen MR) is 80.2 cm³/mol. The van der Waals surface area contributed by atoms with E-state index in [1.807, 2.05) is 26.0 Å². The third kappa shape index (κ3) is 3.32. The lowest BCUT2D eigenvalue weighted by atomic mass is 10.1. The Morgan fingerprint density at radius 1 is 1.40 bits per heavy atom. The Morgan fingerprint density at radius 3 is 2.85 bits per heavy atom. The number of ether oxygens (including phenoxy) is 1. The van der Waals surface area contributed by atoms with Gasteiger partial charge in [0.15, 0.2) is 11.6 Å². The van der Waals surface area contributed by atoms with Crippen LogP contribution in [0.4, 0.5) is 5.82 Å². The summed E-state index contributed by atoms with van der Waals surface area (Å²) >= 11 is 0. The van der Waals surface area contributed by atoms with Gasteiger partial charge in [0.05, 0.1) is 12.6 Å². The van der Waals surface area contributed by atoms with Crippen LogP contribution in [0.15, 0.2) is 28.8 Å². The first-order chi connectivity index (χ1) is 9.61. The fraction of sp³-hybridized carbons (Fsp3) is 0.438. The maximum absolute atomic E-state index is 5.71. The molecule has 4 nitrogen and oxygen atoms in total. The minimum Gasteiger partial charge on any atom is -0.490 e. The van der Waals surface area contributed by atoms with Gasteiger partial charge in [-0.05, 0) is 45.4 Å². The largest absolute Gasteiger partial charge is 0.490 e. The van der Waals surface area contributed by atoms with Crippen molar-refractivity contribution in [3.8, 4) is 5.75 Å². The van der Waals surface area contributed by atoms with Crippen molar-refractivity contribution in [2.24, 2.45) is 0 Å². The lowest BCUT2D eigenvalue weighted by Gasteiger charge is -2.16. The molecule has 0 aliphatic rings. The molecule has 0 amide bonds. The predicted octanol–water partition coefficient (Wildman–Crippen LogP) is 4.25. The van der Waals surface area contributed by atoms with Crippen molar-refractivity contribution in [2.45, 2.75) is 40.2 Å². The van der Waals surface area contributed by atoms with E-state index < -0.39 is 0 Å². The molecule has 0 aromatic carbocycles. The third-order valence-electron chi connectivity index (χ3n) is 3.13. The molecule has 2 aromatic heterocycles. The van der Waals surface area contributed by atoms with E-state index in [1.54, 1.807) is 6.20 Å². The Morgan fingerprint density at radius 2 is 2.20 bits per heavy atom. The molecule has 0 aliphatic carbocycles. The van der Waals surface area contributed by atoms with Crippen LogP contribution in [0.2, 0.25) is 0 Å². The highest BCUT2D eigenvalue weighted by Crippen LogP contribution is 2.28. The summed E-state index contributed by atoms with van der Waals surface area (Å²) in [4.78, 5) is 4.37. The molecule has 1 atom stereocenters. The summed E-state index contributed by atoms with van der Waals surface area (Å²) in [7, 11) is 0. The third-order valence-corrected chi connectivity index (χ3v) is 3.13. The molecule has 0 fully saturated rings. The molecule has 0 spiro atoms. The molecule has 4 heteroatoms. The molecule has 0 saturated heterocycles. The molecule has 20 heavy (non-hydrogen) atoms. The quantitative estimate of drug-likeness (QED) is 0.855. The van der Waals surface area contributed by atoms with Gasteiger partial charge in [0.2, 0.25) is 0 Å². The molecule has 0 bridgehead atoms. The lowest BCUT2D eigenvalue weighted by Crippen LogP contribution is -2.10. The summed E-state index contributed by atoms with van der Waals surface area (Å²) in [5.41, 5.74) is 1.15. The van der Waals surface area contributed by atoms with Gasteiger partial charge in [-0.3, -0.25) is 0 Å². The Hall–Kier alpha value is -1.97. The number of aromatic nitrogens is 1. The van der Waals surface area contributed by atoms with Crippen molar-refractivity contribution in [1.82, 2.24) is 4.98 Å². The second-order valence-electron chi connectivity index (χ2n) is 4.93. The van der Waals surface area contributed by atoms with Crippen LogP contribution in [0, 0.1) is 13.8 Å². The standard InChI is InChI=1S/C16H22N2O2/c1-5-9-19-15-7-6-8-17-16(15)18-12(3)14-10-11(2)20-13(14)4/h6-8,10,12H,5,9H2,1-4H3,(H,17,18). The highest BCUT2D eigenvalue weighted by molar-refractivity contribution is 5.51. The number of hydrogen-bond donors (Lipinski definition) is 1. The summed E-state index contributed by atoms with van der Waals surface area (Å²) in [6, 6.07) is 5.99. The van der Waals surface area contributed by atoms with Crippen LogP contribution < -0.4 is 10.1 Å². The van der Waals surface area contributed by atoms with Crippen molar-refractivity contribution < 1.29 is 9.15 Å². The summed E-state index contributed by atoms with van der Waals surface area (Å²) in [6.45, 7) is 8.81. The lowest BCUT2D eigenvalue weighted by molar-refractivity contribution is 0.317. The van der Waals surface area contributed by atoms with Crippen LogP contribution in [0.1, 0.15) is 43.4 Å². The van der Waals surface area contributed by atoms with Crippen molar-refractivity contribution >= 4 is 5.82 Å². The highest BCUT2D eigenvalue weighted by atomic mass is 16.5. The van der Waals surface area contributed by atoms with Gasteiger partial charge in [0, 0.05) is 11.8 Å². The maximum atomic E-state index is 5.71. The molecular weight excluding hydrogens is 252 g/mol. The average Bonchev–Trinajstić information content (AvgIpc) is 2.77. The van der Waals surface area contributed by atoms with E-state index >= 15 is 0 Å². The fourth-order valence-electron chi connectivity index (χ4n) is 2.19. The van der Waals surface area contributed by atoms with E-state index in [1.165, 1.54) is 0 Å². The van der Waals surface area contributed by atoms with Gasteiger partial charge in [0.1, 0.15) is 11.5 Å². The number of pyridine rings is 1. The number of nitrogens with zero attached hydrogens (tertiary/aromatic N) is 1. The van der Waals surface area contributed by atoms with Crippen LogP contribution in [0.25, 0.3) is 0 Å². The van der Waals surface area contributed by atoms with E-state index in [0.717, 1.165) is 35.1 Å². The summed E-state index contributed by atoms with van der Waals surface area (Å²) in [5, 5.41) is 3.39. The normalized spacial score (nSPS) is 12.2. The fourth-order valence-corrected chi connectivity index (χ4v) is 2.19. The SMILES string of the molecule is CCCOc1cccnc1NC(C)c1cc(C)oc1C. The van der Waals surface area contributed by atoms with Gasteiger partial charge in [-0.1, -0.05) is 6.92 Å². The number of anilines is 1. The molecule has 2 rings (SSSR count). The zero-order chi connectivity index (χ0) is 14.5. The van der Waals surface area contributed by atoms with Crippen molar-refractivity contribution in [2.75, 3.05) is 11.9 Å². The molecule has 108 valence electrons. The van der Waals surface area contributed by atoms with Crippen molar-refractivity contribution in [3.05, 3.63) is 41.5 Å². The first-order valence-electron chi connectivity index (χ1n) is 7.03. The molecular formula is C16H22N2O2. The van der Waals surface area contributed by atoms with Gasteiger partial charge >= 0.3 is 0 Å². The Bertz CT molecular complexity index is 563. The average molecular weight is 274 g/mol. The number of nitrogens with one attached hydrogen (secondary N) is 1. The van der Waals surface area contributed by atoms with Crippen LogP contribution in [0.3, 0.4) is 0 Å². The Kier molecular flexibility index (Phi) is 4.66. The zero-order valence-electron chi connectivity index (χ0n) is 12.6. The molecule has 0 radical (unpaired) electrons. The molecule has 1 unspecified atom stereocenters. The minimum atomic E-state index is 0.117. The highest BCUT2D eigenvalue weighted by Gasteiger charge is 2.15. The number of aryl methyl sites for hydroxylation is 2. The molecule has 2 heterocycles. The van der Waals surface area contributed by atoms with E-state index in [0.29, 0.717) is 6.61 Å². The van der Waals surface area contributed by atoms with Crippen molar-refractivity contribution in [3.63, 3.8) is 0 Å². The Balaban J connectivity index is 2.15. The maximum Gasteiger partial charge on any atom is 0.169 e. The second-order valence-corrected chi connectivity index (χ2v) is 4.93. The first kappa shape index (κ1) is 14.4. The van der Waals surface area contributed by atoms with Gasteiger partial charge in [-0.15, -0.1) is 0 Å². The molecule has 1 N–H and O–H groups in total. The number of rotatable bonds is 6. The molecule has 0 saturated carbocycles. The number of hydrogen-bond acceptors (Lipinski definition) is 4. The van der Waals surface area contributed by atoms with Gasteiger partial charge < -0.3 is 14.5 Å². The molecule has 2 aromatic rings. The van der Waals surface area contributed by atoms with Crippen LogP contribution >= 0.6 is 0 Å². The summed E-state index contributed by atoms with van der Waals surface area (Å²) < 4.78 is 11.3. The van der Waals surface area contributed by atoms with E-state index in [2.05, 4.69) is 30.2 Å². The number of furan rings is 1. The first-order valence-corrected chi connectivity index (χ1v) is 7.03. The van der Waals surface area contributed by atoms with E-state index in [-0.39, 0.29) is 6.04 Å². The smallest absolute Gasteiger partial charge is 0.169 e. The zero-order valence-corrected chi connectivity index (χ0v) is 12.6. The minimum absolute atomic E-state index is 0.117. The topological polar surface area (TPSA) is 47.3 Å². The van der Waals surface area contributed by atoms with Gasteiger partial charge in [-0.25, -0.2) is 4.98 Å². The Labute approximate surface area is 120 Å².